The van der Waals surface area contributed by atoms with E-state index in [-0.39, 0.29) is 5.56 Å². The molecule has 2 aromatic heterocycles. The van der Waals surface area contributed by atoms with Gasteiger partial charge in [0.15, 0.2) is 0 Å². The molecule has 0 saturated heterocycles. The molecule has 0 aliphatic carbocycles. The van der Waals surface area contributed by atoms with Crippen molar-refractivity contribution >= 4 is 0 Å². The predicted octanol–water partition coefficient (Wildman–Crippen LogP) is 2.96. The molecule has 0 aliphatic heterocycles. The van der Waals surface area contributed by atoms with Gasteiger partial charge < -0.3 is 4.57 Å². The Balaban J connectivity index is 2.34. The smallest absolute Gasteiger partial charge is 0.250 e. The molecule has 0 fully saturated rings. The lowest BCUT2D eigenvalue weighted by molar-refractivity contribution is 0.730. The van der Waals surface area contributed by atoms with Gasteiger partial charge in [0.05, 0.1) is 5.69 Å². The zero-order chi connectivity index (χ0) is 13.1. The van der Waals surface area contributed by atoms with Crippen molar-refractivity contribution in [2.75, 3.05) is 0 Å². The zero-order valence-corrected chi connectivity index (χ0v) is 11.1. The molecule has 2 aromatic rings. The molecule has 3 heteroatoms. The van der Waals surface area contributed by atoms with Gasteiger partial charge in [0, 0.05) is 31.1 Å². The van der Waals surface area contributed by atoms with E-state index in [1.807, 2.05) is 24.5 Å². The highest BCUT2D eigenvalue weighted by atomic mass is 16.1. The molecule has 0 bridgehead atoms. The van der Waals surface area contributed by atoms with Gasteiger partial charge in [-0.15, -0.1) is 0 Å². The van der Waals surface area contributed by atoms with E-state index in [0.29, 0.717) is 5.92 Å². The summed E-state index contributed by atoms with van der Waals surface area (Å²) < 4.78 is 1.57. The van der Waals surface area contributed by atoms with Crippen LogP contribution >= 0.6 is 0 Å². The summed E-state index contributed by atoms with van der Waals surface area (Å²) in [7, 11) is 1.75. The highest BCUT2D eigenvalue weighted by Crippen LogP contribution is 2.21. The average molecular weight is 242 g/mol. The summed E-state index contributed by atoms with van der Waals surface area (Å²) in [5.74, 6) is 0.534. The second-order valence-electron chi connectivity index (χ2n) is 4.65. The van der Waals surface area contributed by atoms with Crippen LogP contribution in [0.4, 0.5) is 0 Å². The number of rotatable bonds is 3. The van der Waals surface area contributed by atoms with Gasteiger partial charge in [0.2, 0.25) is 5.56 Å². The second kappa shape index (κ2) is 5.17. The van der Waals surface area contributed by atoms with E-state index in [9.17, 15) is 4.79 Å². The molecule has 3 nitrogen and oxygen atoms in total. The largest absolute Gasteiger partial charge is 0.318 e. The van der Waals surface area contributed by atoms with Crippen molar-refractivity contribution in [2.24, 2.45) is 7.05 Å². The molecule has 18 heavy (non-hydrogen) atoms. The number of aryl methyl sites for hydroxylation is 1. The van der Waals surface area contributed by atoms with Crippen LogP contribution in [0.25, 0.3) is 11.3 Å². The van der Waals surface area contributed by atoms with E-state index in [4.69, 9.17) is 0 Å². The Bertz CT molecular complexity index is 584. The first kappa shape index (κ1) is 12.6. The Hall–Kier alpha value is -1.90. The Morgan fingerprint density at radius 2 is 2.06 bits per heavy atom. The monoisotopic (exact) mass is 242 g/mol. The third-order valence-electron chi connectivity index (χ3n) is 3.35. The number of pyridine rings is 2. The number of hydrogen-bond donors (Lipinski definition) is 0. The predicted molar refractivity (Wildman–Crippen MR) is 73.6 cm³/mol. The molecule has 0 N–H and O–H groups in total. The molecule has 0 saturated carbocycles. The van der Waals surface area contributed by atoms with Crippen molar-refractivity contribution in [3.05, 3.63) is 52.6 Å². The van der Waals surface area contributed by atoms with E-state index in [1.165, 1.54) is 5.56 Å². The molecule has 0 aromatic carbocycles. The Morgan fingerprint density at radius 1 is 1.28 bits per heavy atom. The summed E-state index contributed by atoms with van der Waals surface area (Å²) in [6.07, 6.45) is 4.85. The van der Waals surface area contributed by atoms with Crippen molar-refractivity contribution in [1.82, 2.24) is 9.55 Å². The fourth-order valence-corrected chi connectivity index (χ4v) is 1.85. The number of hydrogen-bond acceptors (Lipinski definition) is 2. The lowest BCUT2D eigenvalue weighted by atomic mass is 10.00. The molecule has 1 unspecified atom stereocenters. The van der Waals surface area contributed by atoms with Crippen molar-refractivity contribution in [2.45, 2.75) is 26.2 Å². The van der Waals surface area contributed by atoms with Crippen LogP contribution in [-0.4, -0.2) is 9.55 Å². The normalized spacial score (nSPS) is 12.4. The topological polar surface area (TPSA) is 34.9 Å². The summed E-state index contributed by atoms with van der Waals surface area (Å²) in [6, 6.07) is 7.51. The van der Waals surface area contributed by atoms with Crippen molar-refractivity contribution in [3.8, 4) is 11.3 Å². The van der Waals surface area contributed by atoms with Crippen LogP contribution in [-0.2, 0) is 7.05 Å². The number of aromatic nitrogens is 2. The first-order chi connectivity index (χ1) is 8.61. The summed E-state index contributed by atoms with van der Waals surface area (Å²) in [6.45, 7) is 4.37. The van der Waals surface area contributed by atoms with Crippen LogP contribution in [0, 0.1) is 0 Å². The van der Waals surface area contributed by atoms with Gasteiger partial charge in [-0.25, -0.2) is 0 Å². The molecule has 2 heterocycles. The van der Waals surface area contributed by atoms with Gasteiger partial charge in [-0.05, 0) is 30.0 Å². The highest BCUT2D eigenvalue weighted by Gasteiger charge is 2.05. The molecular formula is C15H18N2O. The molecule has 2 rings (SSSR count). The van der Waals surface area contributed by atoms with Gasteiger partial charge in [0.25, 0.3) is 0 Å². The third kappa shape index (κ3) is 2.50. The molecule has 1 atom stereocenters. The first-order valence-corrected chi connectivity index (χ1v) is 6.25. The molecular weight excluding hydrogens is 224 g/mol. The SMILES string of the molecule is CCC(C)c1ccc(-c2ccc(=O)n(C)c2)nc1. The minimum absolute atomic E-state index is 0.00465. The van der Waals surface area contributed by atoms with Crippen LogP contribution in [0.15, 0.2) is 41.5 Å². The lowest BCUT2D eigenvalue weighted by Gasteiger charge is -2.09. The average Bonchev–Trinajstić information content (AvgIpc) is 2.41. The Labute approximate surface area is 107 Å². The number of nitrogens with zero attached hydrogens (tertiary/aromatic N) is 2. The second-order valence-corrected chi connectivity index (χ2v) is 4.65. The fraction of sp³-hybridized carbons (Fsp3) is 0.333. The van der Waals surface area contributed by atoms with Gasteiger partial charge >= 0.3 is 0 Å². The standard InChI is InChI=1S/C15H18N2O/c1-4-11(2)12-5-7-14(16-9-12)13-6-8-15(18)17(3)10-13/h5-11H,4H2,1-3H3. The maximum atomic E-state index is 11.3. The van der Waals surface area contributed by atoms with Crippen LogP contribution in [0.2, 0.25) is 0 Å². The summed E-state index contributed by atoms with van der Waals surface area (Å²) in [5.41, 5.74) is 3.12. The van der Waals surface area contributed by atoms with E-state index in [1.54, 1.807) is 17.7 Å². The van der Waals surface area contributed by atoms with Crippen molar-refractivity contribution in [1.29, 1.82) is 0 Å². The van der Waals surface area contributed by atoms with Crippen LogP contribution in [0.1, 0.15) is 31.7 Å². The molecule has 0 amide bonds. The zero-order valence-electron chi connectivity index (χ0n) is 11.1. The first-order valence-electron chi connectivity index (χ1n) is 6.25. The van der Waals surface area contributed by atoms with E-state index >= 15 is 0 Å². The van der Waals surface area contributed by atoms with Gasteiger partial charge in [-0.2, -0.15) is 0 Å². The van der Waals surface area contributed by atoms with Crippen LogP contribution in [0.5, 0.6) is 0 Å². The summed E-state index contributed by atoms with van der Waals surface area (Å²) in [5, 5.41) is 0. The summed E-state index contributed by atoms with van der Waals surface area (Å²) >= 11 is 0. The molecule has 94 valence electrons. The van der Waals surface area contributed by atoms with E-state index in [0.717, 1.165) is 17.7 Å². The maximum Gasteiger partial charge on any atom is 0.250 e. The van der Waals surface area contributed by atoms with Crippen LogP contribution < -0.4 is 5.56 Å². The minimum Gasteiger partial charge on any atom is -0.318 e. The Kier molecular flexibility index (Phi) is 3.60. The molecule has 0 aliphatic rings. The highest BCUT2D eigenvalue weighted by molar-refractivity contribution is 5.57. The van der Waals surface area contributed by atoms with Crippen molar-refractivity contribution in [3.63, 3.8) is 0 Å². The maximum absolute atomic E-state index is 11.3. The fourth-order valence-electron chi connectivity index (χ4n) is 1.85. The van der Waals surface area contributed by atoms with Gasteiger partial charge in [-0.3, -0.25) is 9.78 Å². The Morgan fingerprint density at radius 3 is 2.61 bits per heavy atom. The van der Waals surface area contributed by atoms with Gasteiger partial charge in [0.1, 0.15) is 0 Å². The third-order valence-corrected chi connectivity index (χ3v) is 3.35. The minimum atomic E-state index is -0.00465. The quantitative estimate of drug-likeness (QED) is 0.829. The summed E-state index contributed by atoms with van der Waals surface area (Å²) in [4.78, 5) is 15.8. The van der Waals surface area contributed by atoms with Crippen molar-refractivity contribution < 1.29 is 0 Å². The van der Waals surface area contributed by atoms with Gasteiger partial charge in [-0.1, -0.05) is 19.9 Å². The molecule has 0 spiro atoms. The molecule has 0 radical (unpaired) electrons. The van der Waals surface area contributed by atoms with Crippen LogP contribution in [0.3, 0.4) is 0 Å². The van der Waals surface area contributed by atoms with E-state index in [2.05, 4.69) is 24.9 Å². The van der Waals surface area contributed by atoms with E-state index < -0.39 is 0 Å². The lowest BCUT2D eigenvalue weighted by Crippen LogP contribution is -2.14.